The number of hydrogen-bond donors (Lipinski definition) is 0. The van der Waals surface area contributed by atoms with E-state index in [1.807, 2.05) is 18.2 Å². The summed E-state index contributed by atoms with van der Waals surface area (Å²) >= 11 is 12.8. The highest BCUT2D eigenvalue weighted by atomic mass is 35.5. The molecule has 94 valence electrons. The highest BCUT2D eigenvalue weighted by molar-refractivity contribution is 6.31. The van der Waals surface area contributed by atoms with Gasteiger partial charge < -0.3 is 0 Å². The third-order valence-corrected chi connectivity index (χ3v) is 4.66. The van der Waals surface area contributed by atoms with E-state index in [1.54, 1.807) is 0 Å². The van der Waals surface area contributed by atoms with Crippen molar-refractivity contribution in [1.82, 2.24) is 0 Å². The third-order valence-electron chi connectivity index (χ3n) is 3.78. The van der Waals surface area contributed by atoms with Crippen molar-refractivity contribution < 1.29 is 0 Å². The van der Waals surface area contributed by atoms with Crippen molar-refractivity contribution >= 4 is 23.2 Å². The summed E-state index contributed by atoms with van der Waals surface area (Å²) in [7, 11) is 0. The molecule has 1 aliphatic carbocycles. The smallest absolute Gasteiger partial charge is 0.0438 e. The van der Waals surface area contributed by atoms with Crippen molar-refractivity contribution in [2.45, 2.75) is 50.3 Å². The molecule has 0 aliphatic heterocycles. The zero-order chi connectivity index (χ0) is 12.1. The van der Waals surface area contributed by atoms with Gasteiger partial charge in [-0.15, -0.1) is 11.6 Å². The Balaban J connectivity index is 1.95. The summed E-state index contributed by atoms with van der Waals surface area (Å²) in [4.78, 5) is 0. The second-order valence-corrected chi connectivity index (χ2v) is 6.03. The Hall–Kier alpha value is -0.200. The highest BCUT2D eigenvalue weighted by Gasteiger charge is 2.21. The summed E-state index contributed by atoms with van der Waals surface area (Å²) in [6.07, 6.45) is 8.94. The molecule has 0 aromatic heterocycles. The maximum Gasteiger partial charge on any atom is 0.0438 e. The largest absolute Gasteiger partial charge is 0.122 e. The second-order valence-electron chi connectivity index (χ2n) is 5.06. The summed E-state index contributed by atoms with van der Waals surface area (Å²) in [5.74, 6) is 0.676. The second kappa shape index (κ2) is 6.66. The van der Waals surface area contributed by atoms with Crippen LogP contribution in [0.4, 0.5) is 0 Å². The van der Waals surface area contributed by atoms with E-state index in [0.29, 0.717) is 5.92 Å². The van der Waals surface area contributed by atoms with E-state index < -0.39 is 0 Å². The Kier molecular flexibility index (Phi) is 5.18. The molecule has 0 N–H and O–H groups in total. The molecule has 1 aromatic rings. The average Bonchev–Trinajstić information content (AvgIpc) is 2.61. The fourth-order valence-electron chi connectivity index (χ4n) is 2.71. The molecule has 1 saturated carbocycles. The molecule has 0 spiro atoms. The Morgan fingerprint density at radius 2 is 1.71 bits per heavy atom. The Morgan fingerprint density at radius 1 is 1.06 bits per heavy atom. The van der Waals surface area contributed by atoms with Gasteiger partial charge in [-0.25, -0.2) is 0 Å². The third kappa shape index (κ3) is 3.89. The van der Waals surface area contributed by atoms with Gasteiger partial charge in [-0.3, -0.25) is 0 Å². The topological polar surface area (TPSA) is 0 Å². The van der Waals surface area contributed by atoms with Crippen LogP contribution in [0.2, 0.25) is 5.02 Å². The summed E-state index contributed by atoms with van der Waals surface area (Å²) in [6.45, 7) is 0. The number of alkyl halides is 1. The van der Waals surface area contributed by atoms with Gasteiger partial charge in [0.25, 0.3) is 0 Å². The van der Waals surface area contributed by atoms with Gasteiger partial charge in [-0.2, -0.15) is 0 Å². The zero-order valence-corrected chi connectivity index (χ0v) is 11.7. The number of hydrogen-bond acceptors (Lipinski definition) is 0. The van der Waals surface area contributed by atoms with E-state index in [9.17, 15) is 0 Å². The molecule has 0 nitrogen and oxygen atoms in total. The maximum atomic E-state index is 6.58. The van der Waals surface area contributed by atoms with Crippen LogP contribution in [0.25, 0.3) is 0 Å². The Bertz CT molecular complexity index is 341. The lowest BCUT2D eigenvalue weighted by atomic mass is 9.92. The van der Waals surface area contributed by atoms with Crippen LogP contribution in [0.3, 0.4) is 0 Å². The van der Waals surface area contributed by atoms with E-state index >= 15 is 0 Å². The van der Waals surface area contributed by atoms with Crippen LogP contribution in [-0.2, 0) is 6.42 Å². The molecule has 17 heavy (non-hydrogen) atoms. The fourth-order valence-corrected chi connectivity index (χ4v) is 3.34. The lowest BCUT2D eigenvalue weighted by molar-refractivity contribution is 0.435. The first kappa shape index (κ1) is 13.2. The van der Waals surface area contributed by atoms with Gasteiger partial charge in [0.2, 0.25) is 0 Å². The van der Waals surface area contributed by atoms with Crippen molar-refractivity contribution in [3.8, 4) is 0 Å². The quantitative estimate of drug-likeness (QED) is 0.505. The van der Waals surface area contributed by atoms with Crippen LogP contribution >= 0.6 is 23.2 Å². The molecular formula is C15H20Cl2. The lowest BCUT2D eigenvalue weighted by Gasteiger charge is -2.20. The van der Waals surface area contributed by atoms with Crippen molar-refractivity contribution in [1.29, 1.82) is 0 Å². The summed E-state index contributed by atoms with van der Waals surface area (Å²) < 4.78 is 0. The maximum absolute atomic E-state index is 6.58. The molecule has 1 aliphatic rings. The molecule has 2 heteroatoms. The minimum atomic E-state index is 0.244. The highest BCUT2D eigenvalue weighted by Crippen LogP contribution is 2.31. The molecule has 2 rings (SSSR count). The SMILES string of the molecule is Clc1ccccc1CC(Cl)C1CCCCCC1. The van der Waals surface area contributed by atoms with E-state index in [-0.39, 0.29) is 5.38 Å². The van der Waals surface area contributed by atoms with Crippen LogP contribution in [0.15, 0.2) is 24.3 Å². The minimum absolute atomic E-state index is 0.244. The van der Waals surface area contributed by atoms with Gasteiger partial charge in [0, 0.05) is 10.4 Å². The zero-order valence-electron chi connectivity index (χ0n) is 10.2. The van der Waals surface area contributed by atoms with Crippen LogP contribution < -0.4 is 0 Å². The van der Waals surface area contributed by atoms with E-state index in [0.717, 1.165) is 11.4 Å². The van der Waals surface area contributed by atoms with Crippen molar-refractivity contribution in [2.75, 3.05) is 0 Å². The number of rotatable bonds is 3. The first-order chi connectivity index (χ1) is 8.27. The Labute approximate surface area is 114 Å². The van der Waals surface area contributed by atoms with Crippen LogP contribution in [-0.4, -0.2) is 5.38 Å². The molecule has 1 aromatic carbocycles. The van der Waals surface area contributed by atoms with Crippen LogP contribution in [0, 0.1) is 5.92 Å². The average molecular weight is 271 g/mol. The predicted molar refractivity (Wildman–Crippen MR) is 76.0 cm³/mol. The van der Waals surface area contributed by atoms with Gasteiger partial charge in [-0.1, -0.05) is 55.5 Å². The summed E-state index contributed by atoms with van der Waals surface area (Å²) in [5, 5.41) is 1.10. The lowest BCUT2D eigenvalue weighted by Crippen LogP contribution is -2.17. The van der Waals surface area contributed by atoms with Gasteiger partial charge in [0.1, 0.15) is 0 Å². The predicted octanol–water partition coefficient (Wildman–Crippen LogP) is 5.46. The first-order valence-electron chi connectivity index (χ1n) is 6.65. The van der Waals surface area contributed by atoms with E-state index in [4.69, 9.17) is 23.2 Å². The van der Waals surface area contributed by atoms with Gasteiger partial charge in [0.15, 0.2) is 0 Å². The van der Waals surface area contributed by atoms with Crippen LogP contribution in [0.1, 0.15) is 44.1 Å². The molecule has 0 bridgehead atoms. The van der Waals surface area contributed by atoms with E-state index in [1.165, 1.54) is 44.1 Å². The molecular weight excluding hydrogens is 251 g/mol. The molecule has 1 atom stereocenters. The molecule has 1 fully saturated rings. The number of halogens is 2. The van der Waals surface area contributed by atoms with Gasteiger partial charge in [-0.05, 0) is 36.8 Å². The van der Waals surface area contributed by atoms with E-state index in [2.05, 4.69) is 6.07 Å². The number of benzene rings is 1. The van der Waals surface area contributed by atoms with Crippen molar-refractivity contribution in [2.24, 2.45) is 5.92 Å². The minimum Gasteiger partial charge on any atom is -0.122 e. The fraction of sp³-hybridized carbons (Fsp3) is 0.600. The normalized spacial score (nSPS) is 19.9. The monoisotopic (exact) mass is 270 g/mol. The van der Waals surface area contributed by atoms with Gasteiger partial charge >= 0.3 is 0 Å². The standard InChI is InChI=1S/C15H20Cl2/c16-14-10-6-5-9-13(14)11-15(17)12-7-3-1-2-4-8-12/h5-6,9-10,12,15H,1-4,7-8,11H2. The van der Waals surface area contributed by atoms with Crippen LogP contribution in [0.5, 0.6) is 0 Å². The summed E-state index contributed by atoms with van der Waals surface area (Å²) in [6, 6.07) is 8.06. The molecule has 0 radical (unpaired) electrons. The Morgan fingerprint density at radius 3 is 2.35 bits per heavy atom. The molecule has 0 amide bonds. The molecule has 1 unspecified atom stereocenters. The van der Waals surface area contributed by atoms with Crippen molar-refractivity contribution in [3.63, 3.8) is 0 Å². The molecule has 0 saturated heterocycles. The molecule has 0 heterocycles. The summed E-state index contributed by atoms with van der Waals surface area (Å²) in [5.41, 5.74) is 1.19. The van der Waals surface area contributed by atoms with Gasteiger partial charge in [0.05, 0.1) is 0 Å². The first-order valence-corrected chi connectivity index (χ1v) is 7.46. The van der Waals surface area contributed by atoms with Crippen molar-refractivity contribution in [3.05, 3.63) is 34.9 Å².